The first-order valence-electron chi connectivity index (χ1n) is 13.8. The van der Waals surface area contributed by atoms with Crippen LogP contribution >= 0.6 is 0 Å². The number of amides is 2. The summed E-state index contributed by atoms with van der Waals surface area (Å²) in [6, 6.07) is 18.1. The first-order valence-corrected chi connectivity index (χ1v) is 13.8. The van der Waals surface area contributed by atoms with E-state index in [1.807, 2.05) is 0 Å². The van der Waals surface area contributed by atoms with E-state index in [0.29, 0.717) is 25.9 Å². The van der Waals surface area contributed by atoms with Gasteiger partial charge in [0.15, 0.2) is 0 Å². The molecule has 0 saturated carbocycles. The minimum absolute atomic E-state index is 0.0241. The number of hydrogen-bond acceptors (Lipinski definition) is 2. The molecule has 3 aromatic rings. The molecule has 0 aliphatic rings. The van der Waals surface area contributed by atoms with Crippen LogP contribution in [0.1, 0.15) is 77.3 Å². The molecule has 0 atom stereocenters. The van der Waals surface area contributed by atoms with Gasteiger partial charge in [-0.1, -0.05) is 76.2 Å². The highest BCUT2D eigenvalue weighted by atomic mass is 16.2. The van der Waals surface area contributed by atoms with Crippen molar-refractivity contribution in [1.29, 1.82) is 0 Å². The molecule has 0 aliphatic heterocycles. The molecule has 0 unspecified atom stereocenters. The molecule has 4 heteroatoms. The van der Waals surface area contributed by atoms with E-state index in [0.717, 1.165) is 25.7 Å². The van der Waals surface area contributed by atoms with Crippen molar-refractivity contribution in [2.45, 2.75) is 77.0 Å². The van der Waals surface area contributed by atoms with E-state index in [1.54, 1.807) is 12.2 Å². The third-order valence-electron chi connectivity index (χ3n) is 7.66. The van der Waals surface area contributed by atoms with Gasteiger partial charge in [-0.3, -0.25) is 9.59 Å². The second kappa shape index (κ2) is 12.9. The van der Waals surface area contributed by atoms with E-state index < -0.39 is 0 Å². The van der Waals surface area contributed by atoms with Gasteiger partial charge in [-0.25, -0.2) is 0 Å². The lowest BCUT2D eigenvalue weighted by molar-refractivity contribution is -0.121. The summed E-state index contributed by atoms with van der Waals surface area (Å²) >= 11 is 0. The van der Waals surface area contributed by atoms with E-state index in [1.165, 1.54) is 32.7 Å². The molecule has 0 aromatic heterocycles. The largest absolute Gasteiger partial charge is 0.353 e. The zero-order chi connectivity index (χ0) is 27.8. The smallest absolute Gasteiger partial charge is 0.220 e. The van der Waals surface area contributed by atoms with Gasteiger partial charge in [0.2, 0.25) is 11.8 Å². The normalized spacial score (nSPS) is 11.9. The molecule has 0 radical (unpaired) electrons. The molecular formula is C34H44N2O2. The van der Waals surface area contributed by atoms with Crippen LogP contribution < -0.4 is 10.6 Å². The highest BCUT2D eigenvalue weighted by molar-refractivity contribution is 5.98. The second-order valence-electron chi connectivity index (χ2n) is 11.6. The molecule has 3 aromatic carbocycles. The summed E-state index contributed by atoms with van der Waals surface area (Å²) in [7, 11) is 0. The molecule has 3 rings (SSSR count). The van der Waals surface area contributed by atoms with E-state index >= 15 is 0 Å². The van der Waals surface area contributed by atoms with Gasteiger partial charge < -0.3 is 10.6 Å². The van der Waals surface area contributed by atoms with Gasteiger partial charge in [0.25, 0.3) is 0 Å². The maximum atomic E-state index is 12.0. The zero-order valence-corrected chi connectivity index (χ0v) is 23.7. The summed E-state index contributed by atoms with van der Waals surface area (Å²) in [5, 5.41) is 10.7. The zero-order valence-electron chi connectivity index (χ0n) is 23.7. The number of carbonyl (C=O) groups is 2. The number of benzene rings is 3. The van der Waals surface area contributed by atoms with Gasteiger partial charge in [-0.05, 0) is 81.3 Å². The number of carbonyl (C=O) groups excluding carboxylic acids is 2. The van der Waals surface area contributed by atoms with Crippen LogP contribution in [0.5, 0.6) is 0 Å². The van der Waals surface area contributed by atoms with Gasteiger partial charge >= 0.3 is 0 Å². The molecular weight excluding hydrogens is 468 g/mol. The Morgan fingerprint density at radius 3 is 1.45 bits per heavy atom. The third kappa shape index (κ3) is 7.80. The Kier molecular flexibility index (Phi) is 9.90. The number of fused-ring (bicyclic) bond motifs is 2. The van der Waals surface area contributed by atoms with Crippen molar-refractivity contribution in [3.8, 4) is 0 Å². The first kappa shape index (κ1) is 29.2. The Morgan fingerprint density at radius 1 is 0.658 bits per heavy atom. The van der Waals surface area contributed by atoms with E-state index in [2.05, 4.69) is 100 Å². The average Bonchev–Trinajstić information content (AvgIpc) is 2.88. The lowest BCUT2D eigenvalue weighted by Gasteiger charge is -2.26. The summed E-state index contributed by atoms with van der Waals surface area (Å²) < 4.78 is 0. The van der Waals surface area contributed by atoms with E-state index in [-0.39, 0.29) is 22.6 Å². The van der Waals surface area contributed by atoms with Crippen molar-refractivity contribution in [3.63, 3.8) is 0 Å². The standard InChI is InChI=1S/C34H44N2O2/c1-7-19-35-31(37)11-9-17-33(3,4)29-15-13-25-21-26-14-16-30(24-28(26)22-27(25)23-29)34(5,6)18-10-12-32(38)36-20-8-2/h7-8,13-16,21-24H,1-2,9-12,17-20H2,3-6H3,(H,35,37)(H,36,38). The van der Waals surface area contributed by atoms with Gasteiger partial charge in [0.05, 0.1) is 0 Å². The molecule has 0 fully saturated rings. The monoisotopic (exact) mass is 512 g/mol. The van der Waals surface area contributed by atoms with Crippen LogP contribution in [0.25, 0.3) is 21.5 Å². The van der Waals surface area contributed by atoms with Gasteiger partial charge in [0, 0.05) is 25.9 Å². The van der Waals surface area contributed by atoms with Crippen LogP contribution in [0.3, 0.4) is 0 Å². The summed E-state index contributed by atoms with van der Waals surface area (Å²) in [6.07, 6.45) is 8.06. The Morgan fingerprint density at radius 2 is 1.05 bits per heavy atom. The van der Waals surface area contributed by atoms with Crippen LogP contribution in [0, 0.1) is 0 Å². The molecule has 202 valence electrons. The SMILES string of the molecule is C=CCNC(=O)CCCC(C)(C)c1ccc2cc3ccc(C(C)(C)CCCC(=O)NCC=C)cc3cc2c1. The van der Waals surface area contributed by atoms with E-state index in [9.17, 15) is 9.59 Å². The quantitative estimate of drug-likeness (QED) is 0.174. The molecule has 0 spiro atoms. The maximum Gasteiger partial charge on any atom is 0.220 e. The van der Waals surface area contributed by atoms with Crippen molar-refractivity contribution in [2.24, 2.45) is 0 Å². The second-order valence-corrected chi connectivity index (χ2v) is 11.6. The molecule has 4 nitrogen and oxygen atoms in total. The minimum Gasteiger partial charge on any atom is -0.353 e. The fraction of sp³-hybridized carbons (Fsp3) is 0.412. The van der Waals surface area contributed by atoms with Crippen LogP contribution in [-0.4, -0.2) is 24.9 Å². The molecule has 38 heavy (non-hydrogen) atoms. The predicted molar refractivity (Wildman–Crippen MR) is 162 cm³/mol. The molecule has 0 heterocycles. The van der Waals surface area contributed by atoms with Crippen LogP contribution in [0.2, 0.25) is 0 Å². The number of hydrogen-bond donors (Lipinski definition) is 2. The first-order chi connectivity index (χ1) is 18.1. The van der Waals surface area contributed by atoms with Crippen LogP contribution in [-0.2, 0) is 20.4 Å². The van der Waals surface area contributed by atoms with Crippen LogP contribution in [0.4, 0.5) is 0 Å². The summed E-state index contributed by atoms with van der Waals surface area (Å²) in [5.41, 5.74) is 2.54. The Balaban J connectivity index is 1.75. The highest BCUT2D eigenvalue weighted by Crippen LogP contribution is 2.35. The van der Waals surface area contributed by atoms with Gasteiger partial charge in [-0.15, -0.1) is 13.2 Å². The Bertz CT molecular complexity index is 1210. The van der Waals surface area contributed by atoms with Crippen molar-refractivity contribution < 1.29 is 9.59 Å². The Labute approximate surface area is 228 Å². The molecule has 0 aliphatic carbocycles. The van der Waals surface area contributed by atoms with E-state index in [4.69, 9.17) is 0 Å². The fourth-order valence-corrected chi connectivity index (χ4v) is 5.06. The molecule has 0 bridgehead atoms. The third-order valence-corrected chi connectivity index (χ3v) is 7.66. The highest BCUT2D eigenvalue weighted by Gasteiger charge is 2.23. The molecule has 2 amide bonds. The summed E-state index contributed by atoms with van der Waals surface area (Å²) in [6.45, 7) is 17.4. The maximum absolute atomic E-state index is 12.0. The molecule has 0 saturated heterocycles. The summed E-state index contributed by atoms with van der Waals surface area (Å²) in [5.74, 6) is 0.167. The van der Waals surface area contributed by atoms with Crippen LogP contribution in [0.15, 0.2) is 73.8 Å². The topological polar surface area (TPSA) is 58.2 Å². The predicted octanol–water partition coefficient (Wildman–Crippen LogP) is 7.49. The van der Waals surface area contributed by atoms with Crippen molar-refractivity contribution in [2.75, 3.05) is 13.1 Å². The Hall–Kier alpha value is -3.40. The fourth-order valence-electron chi connectivity index (χ4n) is 5.06. The molecule has 2 N–H and O–H groups in total. The lowest BCUT2D eigenvalue weighted by Crippen LogP contribution is -2.24. The van der Waals surface area contributed by atoms with Crippen molar-refractivity contribution >= 4 is 33.4 Å². The van der Waals surface area contributed by atoms with Gasteiger partial charge in [-0.2, -0.15) is 0 Å². The lowest BCUT2D eigenvalue weighted by atomic mass is 9.78. The number of rotatable bonds is 14. The summed E-state index contributed by atoms with van der Waals surface area (Å²) in [4.78, 5) is 23.9. The van der Waals surface area contributed by atoms with Gasteiger partial charge in [0.1, 0.15) is 0 Å². The average molecular weight is 513 g/mol. The minimum atomic E-state index is -0.0241. The van der Waals surface area contributed by atoms with Crippen molar-refractivity contribution in [3.05, 3.63) is 85.0 Å². The van der Waals surface area contributed by atoms with Crippen molar-refractivity contribution in [1.82, 2.24) is 10.6 Å². The number of nitrogens with one attached hydrogen (secondary N) is 2.